The summed E-state index contributed by atoms with van der Waals surface area (Å²) in [5.41, 5.74) is 0.199. The molecule has 0 aromatic heterocycles. The normalized spacial score (nSPS) is 16.1. The number of ether oxygens (including phenoxy) is 4. The van der Waals surface area contributed by atoms with Crippen LogP contribution in [0.25, 0.3) is 0 Å². The first-order valence-corrected chi connectivity index (χ1v) is 8.54. The molecule has 0 radical (unpaired) electrons. The summed E-state index contributed by atoms with van der Waals surface area (Å²) in [6.45, 7) is -0.127. The summed E-state index contributed by atoms with van der Waals surface area (Å²) in [6.07, 6.45) is 0. The number of hydrogen-bond acceptors (Lipinski definition) is 7. The number of nitrogens with one attached hydrogen (secondary N) is 2. The predicted octanol–water partition coefficient (Wildman–Crippen LogP) is 1.97. The topological polar surface area (TPSA) is 112 Å². The molecule has 2 amide bonds. The van der Waals surface area contributed by atoms with Gasteiger partial charge in [0.15, 0.2) is 11.5 Å². The molecule has 2 N–H and O–H groups in total. The van der Waals surface area contributed by atoms with Crippen molar-refractivity contribution in [2.24, 2.45) is 0 Å². The van der Waals surface area contributed by atoms with Gasteiger partial charge in [0.1, 0.15) is 6.61 Å². The highest BCUT2D eigenvalue weighted by molar-refractivity contribution is 5.95. The van der Waals surface area contributed by atoms with Gasteiger partial charge in [0.2, 0.25) is 0 Å². The van der Waals surface area contributed by atoms with Crippen molar-refractivity contribution in [3.8, 4) is 11.5 Å². The minimum Gasteiger partial charge on any atom is -0.493 e. The summed E-state index contributed by atoms with van der Waals surface area (Å²) < 4.78 is 44.1. The Morgan fingerprint density at radius 2 is 1.90 bits per heavy atom. The zero-order valence-corrected chi connectivity index (χ0v) is 15.9. The van der Waals surface area contributed by atoms with Crippen molar-refractivity contribution in [3.05, 3.63) is 35.0 Å². The molecular weight excluding hydrogens is 394 g/mol. The van der Waals surface area contributed by atoms with Gasteiger partial charge in [-0.15, -0.1) is 0 Å². The lowest BCUT2D eigenvalue weighted by atomic mass is 10.0. The molecule has 1 aromatic rings. The van der Waals surface area contributed by atoms with Gasteiger partial charge < -0.3 is 29.6 Å². The summed E-state index contributed by atoms with van der Waals surface area (Å²) in [5, 5.41) is 4.93. The molecule has 29 heavy (non-hydrogen) atoms. The van der Waals surface area contributed by atoms with Gasteiger partial charge in [-0.1, -0.05) is 0 Å². The number of urea groups is 1. The molecule has 2 rings (SSSR count). The summed E-state index contributed by atoms with van der Waals surface area (Å²) in [7, 11) is 1.23. The molecule has 11 heteroatoms. The Morgan fingerprint density at radius 1 is 1.17 bits per heavy atom. The molecule has 0 aliphatic carbocycles. The highest BCUT2D eigenvalue weighted by Crippen LogP contribution is 2.29. The van der Waals surface area contributed by atoms with E-state index in [9.17, 15) is 23.2 Å². The number of esters is 2. The van der Waals surface area contributed by atoms with E-state index in [0.29, 0.717) is 0 Å². The molecular formula is C18H20F2N2O7. The standard InChI is InChI=1S/C18H20F2N2O7/c1-4-27-16(24)14-9(2)21-18(25)22-11(14)8-28-15(23)10-5-6-12(29-17(19)20)13(7-10)26-3/h5-7,9,17H,4,8H2,1-3H3,(H2,21,22,25)/t9-/m0/s1. The van der Waals surface area contributed by atoms with Gasteiger partial charge in [-0.05, 0) is 32.0 Å². The second-order valence-corrected chi connectivity index (χ2v) is 5.75. The second kappa shape index (κ2) is 9.71. The molecule has 0 spiro atoms. The first kappa shape index (κ1) is 21.9. The molecule has 0 bridgehead atoms. The van der Waals surface area contributed by atoms with E-state index < -0.39 is 37.2 Å². The Balaban J connectivity index is 2.18. The van der Waals surface area contributed by atoms with Crippen LogP contribution in [-0.2, 0) is 14.3 Å². The SMILES string of the molecule is CCOC(=O)C1=C(COC(=O)c2ccc(OC(F)F)c(OC)c2)NC(=O)N[C@H]1C. The largest absolute Gasteiger partial charge is 0.493 e. The van der Waals surface area contributed by atoms with E-state index in [-0.39, 0.29) is 34.9 Å². The smallest absolute Gasteiger partial charge is 0.387 e. The summed E-state index contributed by atoms with van der Waals surface area (Å²) in [6, 6.07) is 2.31. The molecule has 9 nitrogen and oxygen atoms in total. The number of alkyl halides is 2. The number of carbonyl (C=O) groups is 3. The van der Waals surface area contributed by atoms with Gasteiger partial charge in [-0.2, -0.15) is 8.78 Å². The number of amides is 2. The zero-order valence-electron chi connectivity index (χ0n) is 15.9. The quantitative estimate of drug-likeness (QED) is 0.626. The molecule has 0 fully saturated rings. The molecule has 0 saturated heterocycles. The average Bonchev–Trinajstić information content (AvgIpc) is 2.65. The summed E-state index contributed by atoms with van der Waals surface area (Å²) >= 11 is 0. The Morgan fingerprint density at radius 3 is 2.52 bits per heavy atom. The van der Waals surface area contributed by atoms with Gasteiger partial charge in [0.25, 0.3) is 0 Å². The van der Waals surface area contributed by atoms with Gasteiger partial charge in [0.05, 0.1) is 36.6 Å². The third-order valence-corrected chi connectivity index (χ3v) is 3.83. The number of methoxy groups -OCH3 is 1. The van der Waals surface area contributed by atoms with E-state index in [0.717, 1.165) is 6.07 Å². The molecule has 0 unspecified atom stereocenters. The van der Waals surface area contributed by atoms with Gasteiger partial charge >= 0.3 is 24.6 Å². The van der Waals surface area contributed by atoms with Crippen molar-refractivity contribution >= 4 is 18.0 Å². The first-order chi connectivity index (χ1) is 13.8. The van der Waals surface area contributed by atoms with Crippen LogP contribution in [0, 0.1) is 0 Å². The molecule has 1 atom stereocenters. The van der Waals surface area contributed by atoms with Crippen LogP contribution < -0.4 is 20.1 Å². The Labute approximate surface area is 164 Å². The maximum atomic E-state index is 12.4. The van der Waals surface area contributed by atoms with Crippen LogP contribution >= 0.6 is 0 Å². The highest BCUT2D eigenvalue weighted by atomic mass is 19.3. The number of hydrogen-bond donors (Lipinski definition) is 2. The Bertz CT molecular complexity index is 826. The molecule has 1 aliphatic rings. The lowest BCUT2D eigenvalue weighted by Gasteiger charge is -2.26. The van der Waals surface area contributed by atoms with Crippen LogP contribution in [0.1, 0.15) is 24.2 Å². The van der Waals surface area contributed by atoms with Crippen molar-refractivity contribution in [2.45, 2.75) is 26.5 Å². The van der Waals surface area contributed by atoms with Crippen LogP contribution in [0.2, 0.25) is 0 Å². The van der Waals surface area contributed by atoms with Crippen LogP contribution in [0.5, 0.6) is 11.5 Å². The van der Waals surface area contributed by atoms with Crippen LogP contribution in [0.4, 0.5) is 13.6 Å². The van der Waals surface area contributed by atoms with E-state index in [1.807, 2.05) is 0 Å². The lowest BCUT2D eigenvalue weighted by Crippen LogP contribution is -2.50. The first-order valence-electron chi connectivity index (χ1n) is 8.54. The molecule has 1 aromatic carbocycles. The summed E-state index contributed by atoms with van der Waals surface area (Å²) in [4.78, 5) is 36.2. The fourth-order valence-corrected chi connectivity index (χ4v) is 2.60. The Kier molecular flexibility index (Phi) is 7.34. The second-order valence-electron chi connectivity index (χ2n) is 5.75. The lowest BCUT2D eigenvalue weighted by molar-refractivity contribution is -0.139. The van der Waals surface area contributed by atoms with Crippen molar-refractivity contribution in [2.75, 3.05) is 20.3 Å². The number of benzene rings is 1. The number of rotatable bonds is 8. The maximum Gasteiger partial charge on any atom is 0.387 e. The van der Waals surface area contributed by atoms with E-state index in [4.69, 9.17) is 14.2 Å². The highest BCUT2D eigenvalue weighted by Gasteiger charge is 2.30. The van der Waals surface area contributed by atoms with Crippen LogP contribution in [0.3, 0.4) is 0 Å². The van der Waals surface area contributed by atoms with Crippen LogP contribution in [0.15, 0.2) is 29.5 Å². The minimum absolute atomic E-state index is 0.00457. The number of halogens is 2. The van der Waals surface area contributed by atoms with Crippen molar-refractivity contribution in [3.63, 3.8) is 0 Å². The molecule has 0 saturated carbocycles. The van der Waals surface area contributed by atoms with E-state index >= 15 is 0 Å². The molecule has 158 valence electrons. The third-order valence-electron chi connectivity index (χ3n) is 3.83. The minimum atomic E-state index is -3.06. The Hall–Kier alpha value is -3.37. The molecule has 1 aliphatic heterocycles. The summed E-state index contributed by atoms with van der Waals surface area (Å²) in [5.74, 6) is -1.82. The van der Waals surface area contributed by atoms with Crippen molar-refractivity contribution in [1.82, 2.24) is 10.6 Å². The maximum absolute atomic E-state index is 12.4. The van der Waals surface area contributed by atoms with E-state index in [1.54, 1.807) is 13.8 Å². The van der Waals surface area contributed by atoms with Crippen molar-refractivity contribution < 1.29 is 42.1 Å². The van der Waals surface area contributed by atoms with Gasteiger partial charge in [0, 0.05) is 0 Å². The fourth-order valence-electron chi connectivity index (χ4n) is 2.60. The van der Waals surface area contributed by atoms with Gasteiger partial charge in [-0.25, -0.2) is 14.4 Å². The van der Waals surface area contributed by atoms with Crippen LogP contribution in [-0.4, -0.2) is 50.9 Å². The molecule has 1 heterocycles. The fraction of sp³-hybridized carbons (Fsp3) is 0.389. The number of carbonyl (C=O) groups excluding carboxylic acids is 3. The third kappa shape index (κ3) is 5.56. The van der Waals surface area contributed by atoms with E-state index in [2.05, 4.69) is 15.4 Å². The van der Waals surface area contributed by atoms with Crippen molar-refractivity contribution in [1.29, 1.82) is 0 Å². The predicted molar refractivity (Wildman–Crippen MR) is 94.7 cm³/mol. The average molecular weight is 414 g/mol. The zero-order chi connectivity index (χ0) is 21.6. The van der Waals surface area contributed by atoms with E-state index in [1.165, 1.54) is 19.2 Å². The van der Waals surface area contributed by atoms with Gasteiger partial charge in [-0.3, -0.25) is 0 Å². The monoisotopic (exact) mass is 414 g/mol.